The van der Waals surface area contributed by atoms with Gasteiger partial charge in [-0.1, -0.05) is 29.6 Å². The maximum atomic E-state index is 6.21. The Bertz CT molecular complexity index is 442. The lowest BCUT2D eigenvalue weighted by Crippen LogP contribution is -2.18. The Hall–Kier alpha value is -0.270. The number of nitrogens with zero attached hydrogens (tertiary/aromatic N) is 1. The van der Waals surface area contributed by atoms with Crippen molar-refractivity contribution in [2.45, 2.75) is 44.9 Å². The largest absolute Gasteiger partial charge is 0.224 e. The number of halogens is 2. The molecule has 1 fully saturated rings. The first-order valence-corrected chi connectivity index (χ1v) is 6.78. The van der Waals surface area contributed by atoms with Crippen LogP contribution in [-0.2, 0) is 6.42 Å². The zero-order valence-electron chi connectivity index (χ0n) is 9.39. The van der Waals surface area contributed by atoms with E-state index in [0.717, 1.165) is 17.9 Å². The highest BCUT2D eigenvalue weighted by Crippen LogP contribution is 2.49. The molecule has 3 heteroatoms. The van der Waals surface area contributed by atoms with E-state index in [0.29, 0.717) is 16.2 Å². The Labute approximate surface area is 106 Å². The van der Waals surface area contributed by atoms with Gasteiger partial charge in [0.1, 0.15) is 10.3 Å². The van der Waals surface area contributed by atoms with Gasteiger partial charge in [0.2, 0.25) is 0 Å². The molecular formula is C13H15Cl2N. The van der Waals surface area contributed by atoms with Crippen LogP contribution in [0.1, 0.15) is 48.3 Å². The van der Waals surface area contributed by atoms with E-state index in [2.05, 4.69) is 11.9 Å². The predicted octanol–water partition coefficient (Wildman–Crippen LogP) is 4.53. The molecule has 0 aromatic carbocycles. The molecule has 1 saturated carbocycles. The normalized spacial score (nSPS) is 27.7. The lowest BCUT2D eigenvalue weighted by molar-refractivity contribution is 0.421. The third-order valence-electron chi connectivity index (χ3n) is 4.28. The van der Waals surface area contributed by atoms with Crippen molar-refractivity contribution in [1.29, 1.82) is 0 Å². The molecule has 16 heavy (non-hydrogen) atoms. The fourth-order valence-electron chi connectivity index (χ4n) is 3.52. The second-order valence-electron chi connectivity index (χ2n) is 5.05. The molecule has 86 valence electrons. The summed E-state index contributed by atoms with van der Waals surface area (Å²) in [5.74, 6) is 1.56. The highest BCUT2D eigenvalue weighted by Gasteiger charge is 2.36. The third kappa shape index (κ3) is 1.48. The van der Waals surface area contributed by atoms with E-state index in [1.54, 1.807) is 0 Å². The summed E-state index contributed by atoms with van der Waals surface area (Å²) in [6.07, 6.45) is 6.39. The van der Waals surface area contributed by atoms with Gasteiger partial charge in [0.25, 0.3) is 0 Å². The average molecular weight is 256 g/mol. The van der Waals surface area contributed by atoms with E-state index in [-0.39, 0.29) is 0 Å². The van der Waals surface area contributed by atoms with Crippen LogP contribution in [0.2, 0.25) is 10.3 Å². The molecule has 1 nitrogen and oxygen atoms in total. The van der Waals surface area contributed by atoms with Crippen LogP contribution in [0.3, 0.4) is 0 Å². The number of rotatable bonds is 0. The second-order valence-corrected chi connectivity index (χ2v) is 5.76. The van der Waals surface area contributed by atoms with Crippen LogP contribution < -0.4 is 0 Å². The van der Waals surface area contributed by atoms with Crippen molar-refractivity contribution in [2.75, 3.05) is 0 Å². The van der Waals surface area contributed by atoms with E-state index >= 15 is 0 Å². The summed E-state index contributed by atoms with van der Waals surface area (Å²) < 4.78 is 0. The molecule has 1 aromatic heterocycles. The van der Waals surface area contributed by atoms with Gasteiger partial charge in [-0.3, -0.25) is 0 Å². The van der Waals surface area contributed by atoms with Gasteiger partial charge in [-0.15, -0.1) is 0 Å². The molecule has 2 aliphatic carbocycles. The zero-order valence-corrected chi connectivity index (χ0v) is 10.9. The van der Waals surface area contributed by atoms with Crippen molar-refractivity contribution in [2.24, 2.45) is 5.92 Å². The molecule has 0 radical (unpaired) electrons. The molecule has 1 aromatic rings. The van der Waals surface area contributed by atoms with Crippen molar-refractivity contribution in [1.82, 2.24) is 4.98 Å². The van der Waals surface area contributed by atoms with Crippen molar-refractivity contribution in [3.05, 3.63) is 27.0 Å². The minimum Gasteiger partial charge on any atom is -0.224 e. The van der Waals surface area contributed by atoms with Gasteiger partial charge in [0, 0.05) is 0 Å². The number of hydrogen-bond acceptors (Lipinski definition) is 1. The van der Waals surface area contributed by atoms with Crippen molar-refractivity contribution >= 4 is 23.2 Å². The fraction of sp³-hybridized carbons (Fsp3) is 0.615. The van der Waals surface area contributed by atoms with Crippen LogP contribution in [0.5, 0.6) is 0 Å². The lowest BCUT2D eigenvalue weighted by Gasteiger charge is -2.30. The molecule has 2 aliphatic rings. The molecule has 2 atom stereocenters. The van der Waals surface area contributed by atoms with Crippen LogP contribution in [0, 0.1) is 12.8 Å². The monoisotopic (exact) mass is 255 g/mol. The summed E-state index contributed by atoms with van der Waals surface area (Å²) in [6.45, 7) is 2.09. The summed E-state index contributed by atoms with van der Waals surface area (Å²) >= 11 is 12.4. The van der Waals surface area contributed by atoms with Crippen molar-refractivity contribution < 1.29 is 0 Å². The third-order valence-corrected chi connectivity index (χ3v) is 4.96. The molecule has 0 bridgehead atoms. The zero-order chi connectivity index (χ0) is 11.3. The Morgan fingerprint density at radius 2 is 1.94 bits per heavy atom. The molecule has 3 rings (SSSR count). The van der Waals surface area contributed by atoms with Gasteiger partial charge in [-0.2, -0.15) is 0 Å². The molecule has 0 N–H and O–H groups in total. The van der Waals surface area contributed by atoms with Crippen LogP contribution in [-0.4, -0.2) is 4.98 Å². The van der Waals surface area contributed by atoms with Crippen molar-refractivity contribution in [3.63, 3.8) is 0 Å². The van der Waals surface area contributed by atoms with Crippen LogP contribution in [0.15, 0.2) is 0 Å². The van der Waals surface area contributed by atoms with Gasteiger partial charge < -0.3 is 0 Å². The first-order valence-electron chi connectivity index (χ1n) is 6.03. The molecule has 0 aliphatic heterocycles. The van der Waals surface area contributed by atoms with E-state index in [1.807, 2.05) is 0 Å². The highest BCUT2D eigenvalue weighted by atomic mass is 35.5. The summed E-state index contributed by atoms with van der Waals surface area (Å²) in [5.41, 5.74) is 3.86. The van der Waals surface area contributed by atoms with Gasteiger partial charge in [0.05, 0.1) is 0 Å². The first kappa shape index (κ1) is 10.9. The summed E-state index contributed by atoms with van der Waals surface area (Å²) in [7, 11) is 0. The van der Waals surface area contributed by atoms with E-state index < -0.39 is 0 Å². The standard InChI is InChI=1S/C13H15Cl2N/c1-7-11-9-4-2-3-8(9)5-6-10(11)13(15)16-12(7)14/h8-9H,2-6H2,1H3/t8-,9+/m1/s1. The van der Waals surface area contributed by atoms with Crippen molar-refractivity contribution in [3.8, 4) is 0 Å². The number of pyridine rings is 1. The smallest absolute Gasteiger partial charge is 0.134 e. The molecule has 0 amide bonds. The fourth-order valence-corrected chi connectivity index (χ4v) is 4.03. The van der Waals surface area contributed by atoms with E-state index in [4.69, 9.17) is 23.2 Å². The Balaban J connectivity index is 2.20. The Kier molecular flexibility index (Phi) is 2.64. The topological polar surface area (TPSA) is 12.9 Å². The first-order chi connectivity index (χ1) is 7.68. The highest BCUT2D eigenvalue weighted by molar-refractivity contribution is 6.33. The summed E-state index contributed by atoms with van der Waals surface area (Å²) in [6, 6.07) is 0. The number of hydrogen-bond donors (Lipinski definition) is 0. The summed E-state index contributed by atoms with van der Waals surface area (Å²) in [4.78, 5) is 4.23. The lowest BCUT2D eigenvalue weighted by atomic mass is 9.76. The van der Waals surface area contributed by atoms with E-state index in [9.17, 15) is 0 Å². The van der Waals surface area contributed by atoms with Gasteiger partial charge in [0.15, 0.2) is 0 Å². The SMILES string of the molecule is Cc1c(Cl)nc(Cl)c2c1[C@H]1CCC[C@@H]1CC2. The minimum absolute atomic E-state index is 0.594. The van der Waals surface area contributed by atoms with Crippen LogP contribution in [0.25, 0.3) is 0 Å². The van der Waals surface area contributed by atoms with Crippen LogP contribution in [0.4, 0.5) is 0 Å². The maximum absolute atomic E-state index is 6.21. The van der Waals surface area contributed by atoms with Gasteiger partial charge in [-0.25, -0.2) is 4.98 Å². The number of fused-ring (bicyclic) bond motifs is 3. The Morgan fingerprint density at radius 3 is 2.75 bits per heavy atom. The molecule has 0 unspecified atom stereocenters. The van der Waals surface area contributed by atoms with E-state index in [1.165, 1.54) is 36.8 Å². The van der Waals surface area contributed by atoms with Gasteiger partial charge >= 0.3 is 0 Å². The molecule has 1 heterocycles. The van der Waals surface area contributed by atoms with Gasteiger partial charge in [-0.05, 0) is 61.1 Å². The average Bonchev–Trinajstić information content (AvgIpc) is 2.72. The second kappa shape index (κ2) is 3.89. The molecular weight excluding hydrogens is 241 g/mol. The van der Waals surface area contributed by atoms with Crippen LogP contribution >= 0.6 is 23.2 Å². The Morgan fingerprint density at radius 1 is 1.12 bits per heavy atom. The molecule has 0 saturated heterocycles. The number of aromatic nitrogens is 1. The minimum atomic E-state index is 0.594. The predicted molar refractivity (Wildman–Crippen MR) is 67.4 cm³/mol. The maximum Gasteiger partial charge on any atom is 0.134 e. The summed E-state index contributed by atoms with van der Waals surface area (Å²) in [5, 5.41) is 1.23. The quantitative estimate of drug-likeness (QED) is 0.621. The molecule has 0 spiro atoms.